The third-order valence-corrected chi connectivity index (χ3v) is 5.61. The Morgan fingerprint density at radius 2 is 1.78 bits per heavy atom. The molecule has 3 rings (SSSR count). The van der Waals surface area contributed by atoms with Crippen LogP contribution in [0.1, 0.15) is 24.8 Å². The topological polar surface area (TPSA) is 55.9 Å². The van der Waals surface area contributed by atoms with Crippen molar-refractivity contribution in [3.8, 4) is 0 Å². The number of aryl methyl sites for hydroxylation is 1. The zero-order valence-electron chi connectivity index (χ0n) is 16.4. The van der Waals surface area contributed by atoms with Gasteiger partial charge in [-0.3, -0.25) is 9.59 Å². The van der Waals surface area contributed by atoms with Gasteiger partial charge in [0.2, 0.25) is 11.8 Å². The summed E-state index contributed by atoms with van der Waals surface area (Å²) < 4.78 is 0. The van der Waals surface area contributed by atoms with E-state index in [9.17, 15) is 9.59 Å². The fourth-order valence-corrected chi connectivity index (χ4v) is 3.85. The van der Waals surface area contributed by atoms with Crippen LogP contribution in [-0.4, -0.2) is 85.4 Å². The molecule has 6 heteroatoms. The van der Waals surface area contributed by atoms with Crippen molar-refractivity contribution in [1.29, 1.82) is 0 Å². The molecule has 0 unspecified atom stereocenters. The molecule has 0 aromatic heterocycles. The Kier molecular flexibility index (Phi) is 7.24. The van der Waals surface area contributed by atoms with Crippen LogP contribution < -0.4 is 5.32 Å². The van der Waals surface area contributed by atoms with E-state index >= 15 is 0 Å². The minimum Gasteiger partial charge on any atom is -0.338 e. The lowest BCUT2D eigenvalue weighted by atomic mass is 10.1. The largest absolute Gasteiger partial charge is 0.338 e. The summed E-state index contributed by atoms with van der Waals surface area (Å²) in [6, 6.07) is 10.0. The SMILES string of the molecule is CN1CCN(C(=O)[C@@H]2CNCCN2C(=O)CCCCc2ccccc2)CC1. The summed E-state index contributed by atoms with van der Waals surface area (Å²) in [4.78, 5) is 31.7. The maximum atomic E-state index is 13.0. The highest BCUT2D eigenvalue weighted by Gasteiger charge is 2.35. The summed E-state index contributed by atoms with van der Waals surface area (Å²) >= 11 is 0. The van der Waals surface area contributed by atoms with Crippen molar-refractivity contribution in [2.75, 3.05) is 52.9 Å². The van der Waals surface area contributed by atoms with Crippen molar-refractivity contribution in [3.05, 3.63) is 35.9 Å². The molecule has 2 heterocycles. The Bertz CT molecular complexity index is 614. The van der Waals surface area contributed by atoms with Crippen LogP contribution >= 0.6 is 0 Å². The molecular weight excluding hydrogens is 340 g/mol. The number of likely N-dealkylation sites (N-methyl/N-ethyl adjacent to an activating group) is 1. The van der Waals surface area contributed by atoms with Crippen LogP contribution in [0.4, 0.5) is 0 Å². The average molecular weight is 373 g/mol. The summed E-state index contributed by atoms with van der Waals surface area (Å²) in [5.41, 5.74) is 1.32. The number of rotatable bonds is 6. The lowest BCUT2D eigenvalue weighted by molar-refractivity contribution is -0.148. The van der Waals surface area contributed by atoms with Gasteiger partial charge in [0, 0.05) is 52.2 Å². The van der Waals surface area contributed by atoms with E-state index in [4.69, 9.17) is 0 Å². The second-order valence-electron chi connectivity index (χ2n) is 7.63. The lowest BCUT2D eigenvalue weighted by Gasteiger charge is -2.40. The van der Waals surface area contributed by atoms with Gasteiger partial charge in [0.25, 0.3) is 0 Å². The fraction of sp³-hybridized carbons (Fsp3) is 0.619. The van der Waals surface area contributed by atoms with E-state index in [2.05, 4.69) is 41.5 Å². The molecular formula is C21H32N4O2. The smallest absolute Gasteiger partial charge is 0.246 e. The summed E-state index contributed by atoms with van der Waals surface area (Å²) in [6.07, 6.45) is 3.39. The number of carbonyl (C=O) groups excluding carboxylic acids is 2. The van der Waals surface area contributed by atoms with Crippen molar-refractivity contribution in [3.63, 3.8) is 0 Å². The normalized spacial score (nSPS) is 21.3. The van der Waals surface area contributed by atoms with Crippen molar-refractivity contribution in [1.82, 2.24) is 20.0 Å². The lowest BCUT2D eigenvalue weighted by Crippen LogP contribution is -2.62. The Morgan fingerprint density at radius 1 is 1.04 bits per heavy atom. The molecule has 2 amide bonds. The van der Waals surface area contributed by atoms with E-state index < -0.39 is 0 Å². The fourth-order valence-electron chi connectivity index (χ4n) is 3.85. The predicted octanol–water partition coefficient (Wildman–Crippen LogP) is 0.974. The molecule has 6 nitrogen and oxygen atoms in total. The first-order valence-electron chi connectivity index (χ1n) is 10.2. The summed E-state index contributed by atoms with van der Waals surface area (Å²) in [6.45, 7) is 5.28. The van der Waals surface area contributed by atoms with Gasteiger partial charge in [-0.1, -0.05) is 30.3 Å². The third kappa shape index (κ3) is 5.53. The minimum absolute atomic E-state index is 0.105. The maximum absolute atomic E-state index is 13.0. The van der Waals surface area contributed by atoms with E-state index in [-0.39, 0.29) is 17.9 Å². The first-order chi connectivity index (χ1) is 13.1. The Labute approximate surface area is 162 Å². The van der Waals surface area contributed by atoms with Crippen LogP contribution in [0.5, 0.6) is 0 Å². The highest BCUT2D eigenvalue weighted by molar-refractivity contribution is 5.88. The van der Waals surface area contributed by atoms with E-state index in [1.807, 2.05) is 15.9 Å². The van der Waals surface area contributed by atoms with Gasteiger partial charge >= 0.3 is 0 Å². The summed E-state index contributed by atoms with van der Waals surface area (Å²) in [7, 11) is 2.08. The first kappa shape index (κ1) is 19.8. The van der Waals surface area contributed by atoms with Crippen LogP contribution in [-0.2, 0) is 16.0 Å². The monoisotopic (exact) mass is 372 g/mol. The predicted molar refractivity (Wildman–Crippen MR) is 106 cm³/mol. The highest BCUT2D eigenvalue weighted by Crippen LogP contribution is 2.14. The van der Waals surface area contributed by atoms with Crippen molar-refractivity contribution in [2.24, 2.45) is 0 Å². The molecule has 1 atom stereocenters. The number of unbranched alkanes of at least 4 members (excludes halogenated alkanes) is 1. The number of hydrogen-bond donors (Lipinski definition) is 1. The van der Waals surface area contributed by atoms with Crippen molar-refractivity contribution >= 4 is 11.8 Å². The van der Waals surface area contributed by atoms with Crippen LogP contribution in [0.2, 0.25) is 0 Å². The molecule has 0 spiro atoms. The van der Waals surface area contributed by atoms with Gasteiger partial charge in [0.1, 0.15) is 6.04 Å². The molecule has 27 heavy (non-hydrogen) atoms. The molecule has 0 bridgehead atoms. The highest BCUT2D eigenvalue weighted by atomic mass is 16.2. The molecule has 2 aliphatic rings. The number of hydrogen-bond acceptors (Lipinski definition) is 4. The second-order valence-corrected chi connectivity index (χ2v) is 7.63. The van der Waals surface area contributed by atoms with Crippen molar-refractivity contribution in [2.45, 2.75) is 31.7 Å². The van der Waals surface area contributed by atoms with Gasteiger partial charge in [-0.05, 0) is 31.9 Å². The van der Waals surface area contributed by atoms with Crippen molar-refractivity contribution < 1.29 is 9.59 Å². The van der Waals surface area contributed by atoms with E-state index in [0.717, 1.165) is 52.0 Å². The number of benzene rings is 1. The Hall–Kier alpha value is -1.92. The minimum atomic E-state index is -0.344. The molecule has 0 aliphatic carbocycles. The molecule has 2 fully saturated rings. The van der Waals surface area contributed by atoms with Crippen LogP contribution in [0, 0.1) is 0 Å². The zero-order chi connectivity index (χ0) is 19.1. The molecule has 2 saturated heterocycles. The number of piperazine rings is 2. The molecule has 1 aromatic rings. The van der Waals surface area contributed by atoms with Gasteiger partial charge < -0.3 is 20.0 Å². The van der Waals surface area contributed by atoms with E-state index in [0.29, 0.717) is 19.5 Å². The number of nitrogens with one attached hydrogen (secondary N) is 1. The number of amides is 2. The Morgan fingerprint density at radius 3 is 2.52 bits per heavy atom. The van der Waals surface area contributed by atoms with Crippen LogP contribution in [0.3, 0.4) is 0 Å². The molecule has 2 aliphatic heterocycles. The third-order valence-electron chi connectivity index (χ3n) is 5.61. The summed E-state index contributed by atoms with van der Waals surface area (Å²) in [5, 5.41) is 3.29. The van der Waals surface area contributed by atoms with Gasteiger partial charge in [0.05, 0.1) is 0 Å². The Balaban J connectivity index is 1.48. The first-order valence-corrected chi connectivity index (χ1v) is 10.2. The van der Waals surface area contributed by atoms with Gasteiger partial charge in [0.15, 0.2) is 0 Å². The van der Waals surface area contributed by atoms with Gasteiger partial charge in [-0.15, -0.1) is 0 Å². The molecule has 1 N–H and O–H groups in total. The second kappa shape index (κ2) is 9.85. The molecule has 0 radical (unpaired) electrons. The van der Waals surface area contributed by atoms with E-state index in [1.54, 1.807) is 0 Å². The quantitative estimate of drug-likeness (QED) is 0.756. The number of nitrogens with zero attached hydrogens (tertiary/aromatic N) is 3. The van der Waals surface area contributed by atoms with Gasteiger partial charge in [-0.2, -0.15) is 0 Å². The summed E-state index contributed by atoms with van der Waals surface area (Å²) in [5.74, 6) is 0.227. The maximum Gasteiger partial charge on any atom is 0.246 e. The van der Waals surface area contributed by atoms with Gasteiger partial charge in [-0.25, -0.2) is 0 Å². The molecule has 0 saturated carbocycles. The molecule has 148 valence electrons. The average Bonchev–Trinajstić information content (AvgIpc) is 2.72. The van der Waals surface area contributed by atoms with Crippen LogP contribution in [0.15, 0.2) is 30.3 Å². The molecule has 1 aromatic carbocycles. The number of carbonyl (C=O) groups is 2. The van der Waals surface area contributed by atoms with E-state index in [1.165, 1.54) is 5.56 Å². The standard InChI is InChI=1S/C21H32N4O2/c1-23-13-15-24(16-14-23)21(27)19-17-22-11-12-25(19)20(26)10-6-5-9-18-7-3-2-4-8-18/h2-4,7-8,19,22H,5-6,9-17H2,1H3/t19-/m0/s1. The zero-order valence-corrected chi connectivity index (χ0v) is 16.4. The van der Waals surface area contributed by atoms with Crippen LogP contribution in [0.25, 0.3) is 0 Å².